The van der Waals surface area contributed by atoms with Crippen LogP contribution in [0.3, 0.4) is 0 Å². The highest BCUT2D eigenvalue weighted by molar-refractivity contribution is 7.85. The van der Waals surface area contributed by atoms with Crippen LogP contribution in [0.25, 0.3) is 10.9 Å². The van der Waals surface area contributed by atoms with Gasteiger partial charge >= 0.3 is 0 Å². The first-order valence-corrected chi connectivity index (χ1v) is 10.4. The minimum absolute atomic E-state index is 0.0458. The normalized spacial score (nSPS) is 10.8. The molecule has 1 amide bonds. The summed E-state index contributed by atoms with van der Waals surface area (Å²) in [7, 11) is -0.658. The van der Waals surface area contributed by atoms with Gasteiger partial charge in [0.1, 0.15) is 5.69 Å². The first-order valence-electron chi connectivity index (χ1n) is 8.56. The van der Waals surface area contributed by atoms with Crippen LogP contribution in [0, 0.1) is 6.92 Å². The Kier molecular flexibility index (Phi) is 7.08. The first kappa shape index (κ1) is 23.2. The van der Waals surface area contributed by atoms with E-state index in [1.807, 2.05) is 6.92 Å². The van der Waals surface area contributed by atoms with Crippen molar-refractivity contribution in [1.29, 1.82) is 0 Å². The number of aromatic amines is 1. The maximum Gasteiger partial charge on any atom is 0.294 e. The van der Waals surface area contributed by atoms with Crippen LogP contribution in [0.2, 0.25) is 5.02 Å². The number of hydrogen-bond donors (Lipinski definition) is 4. The van der Waals surface area contributed by atoms with Gasteiger partial charge in [0.15, 0.2) is 5.96 Å². The van der Waals surface area contributed by atoms with Gasteiger partial charge in [0.25, 0.3) is 16.0 Å². The van der Waals surface area contributed by atoms with Crippen molar-refractivity contribution in [2.45, 2.75) is 11.8 Å². The molecule has 0 saturated heterocycles. The van der Waals surface area contributed by atoms with Crippen LogP contribution >= 0.6 is 11.6 Å². The summed E-state index contributed by atoms with van der Waals surface area (Å²) in [6.07, 6.45) is 0. The molecule has 2 aromatic carbocycles. The lowest BCUT2D eigenvalue weighted by atomic mass is 10.2. The number of amides is 1. The molecule has 0 unspecified atom stereocenters. The number of H-pyrrole nitrogens is 1. The highest BCUT2D eigenvalue weighted by Gasteiger charge is 2.13. The molecule has 3 rings (SSSR count). The minimum atomic E-state index is -4.02. The van der Waals surface area contributed by atoms with Gasteiger partial charge in [-0.05, 0) is 37.3 Å². The van der Waals surface area contributed by atoms with Crippen molar-refractivity contribution in [3.63, 3.8) is 0 Å². The number of nitrogens with zero attached hydrogens (tertiary/aromatic N) is 2. The number of benzene rings is 2. The lowest BCUT2D eigenvalue weighted by Gasteiger charge is -2.07. The van der Waals surface area contributed by atoms with Crippen LogP contribution in [0.5, 0.6) is 0 Å². The van der Waals surface area contributed by atoms with Gasteiger partial charge in [-0.1, -0.05) is 29.3 Å². The second-order valence-corrected chi connectivity index (χ2v) is 8.43. The van der Waals surface area contributed by atoms with Crippen LogP contribution in [-0.4, -0.2) is 48.8 Å². The molecular formula is C19H22ClN5O4S. The molecule has 6 N–H and O–H groups in total. The molecule has 0 aliphatic rings. The van der Waals surface area contributed by atoms with E-state index in [1.54, 1.807) is 44.4 Å². The van der Waals surface area contributed by atoms with E-state index in [2.05, 4.69) is 9.98 Å². The Bertz CT molecular complexity index is 1200. The monoisotopic (exact) mass is 451 g/mol. The number of hydrogen-bond acceptors (Lipinski definition) is 4. The van der Waals surface area contributed by atoms with Crippen LogP contribution < -0.4 is 11.5 Å². The molecule has 0 fully saturated rings. The van der Waals surface area contributed by atoms with E-state index in [-0.39, 0.29) is 16.8 Å². The highest BCUT2D eigenvalue weighted by atomic mass is 35.5. The molecular weight excluding hydrogens is 430 g/mol. The van der Waals surface area contributed by atoms with Crippen molar-refractivity contribution in [1.82, 2.24) is 9.88 Å². The molecule has 11 heteroatoms. The number of nitrogens with one attached hydrogen (secondary N) is 1. The molecule has 0 saturated carbocycles. The van der Waals surface area contributed by atoms with E-state index in [1.165, 1.54) is 17.0 Å². The Labute approximate surface area is 179 Å². The number of aliphatic imine (C=N–C) groups is 1. The third-order valence-electron chi connectivity index (χ3n) is 3.88. The highest BCUT2D eigenvalue weighted by Crippen LogP contribution is 2.29. The molecule has 30 heavy (non-hydrogen) atoms. The summed E-state index contributed by atoms with van der Waals surface area (Å²) < 4.78 is 29.6. The summed E-state index contributed by atoms with van der Waals surface area (Å²) in [5, 5.41) is 1.23. The molecule has 0 spiro atoms. The Morgan fingerprint density at radius 3 is 2.23 bits per heavy atom. The zero-order valence-corrected chi connectivity index (χ0v) is 18.1. The molecule has 0 aliphatic carbocycles. The SMILES string of the molecule is CN(C)C(=O)c1cc2cc(N=C(N)N)cc(Cl)c2[nH]1.Cc1ccc(S(=O)(=O)O)cc1. The largest absolute Gasteiger partial charge is 0.370 e. The number of halogens is 1. The quantitative estimate of drug-likeness (QED) is 0.272. The Morgan fingerprint density at radius 2 is 1.73 bits per heavy atom. The summed E-state index contributed by atoms with van der Waals surface area (Å²) >= 11 is 6.14. The lowest BCUT2D eigenvalue weighted by molar-refractivity contribution is 0.0823. The van der Waals surface area contributed by atoms with E-state index in [9.17, 15) is 13.2 Å². The molecule has 0 bridgehead atoms. The molecule has 9 nitrogen and oxygen atoms in total. The van der Waals surface area contributed by atoms with Gasteiger partial charge in [-0.3, -0.25) is 9.35 Å². The van der Waals surface area contributed by atoms with Crippen molar-refractivity contribution in [3.8, 4) is 0 Å². The molecule has 3 aromatic rings. The van der Waals surface area contributed by atoms with Crippen molar-refractivity contribution in [2.75, 3.05) is 14.1 Å². The average Bonchev–Trinajstić information content (AvgIpc) is 3.05. The molecule has 1 heterocycles. The topological polar surface area (TPSA) is 155 Å². The maximum absolute atomic E-state index is 11.9. The predicted octanol–water partition coefficient (Wildman–Crippen LogP) is 2.67. The smallest absolute Gasteiger partial charge is 0.294 e. The van der Waals surface area contributed by atoms with Gasteiger partial charge in [0.2, 0.25) is 0 Å². The standard InChI is InChI=1S/C12H14ClN5O.C7H8O3S/c1-18(2)11(19)9-4-6-3-7(16-12(14)15)5-8(13)10(6)17-9;1-6-2-4-7(5-3-6)11(8,9)10/h3-5,17H,1-2H3,(H4,14,15,16);2-5H,1H3,(H,8,9,10). The molecule has 0 atom stereocenters. The summed E-state index contributed by atoms with van der Waals surface area (Å²) in [4.78, 5) is 20.2. The van der Waals surface area contributed by atoms with E-state index in [0.29, 0.717) is 21.9 Å². The predicted molar refractivity (Wildman–Crippen MR) is 118 cm³/mol. The molecule has 1 aromatic heterocycles. The zero-order chi connectivity index (χ0) is 22.6. The van der Waals surface area contributed by atoms with Crippen LogP contribution in [0.1, 0.15) is 16.1 Å². The number of fused-ring (bicyclic) bond motifs is 1. The number of aryl methyl sites for hydroxylation is 1. The zero-order valence-electron chi connectivity index (χ0n) is 16.5. The van der Waals surface area contributed by atoms with Gasteiger partial charge in [-0.25, -0.2) is 4.99 Å². The van der Waals surface area contributed by atoms with Gasteiger partial charge in [0.05, 0.1) is 21.1 Å². The Balaban J connectivity index is 0.000000248. The van der Waals surface area contributed by atoms with E-state index in [0.717, 1.165) is 10.9 Å². The second-order valence-electron chi connectivity index (χ2n) is 6.60. The summed E-state index contributed by atoms with van der Waals surface area (Å²) in [5.74, 6) is -0.175. The van der Waals surface area contributed by atoms with Crippen molar-refractivity contribution >= 4 is 50.2 Å². The Morgan fingerprint density at radius 1 is 1.13 bits per heavy atom. The lowest BCUT2D eigenvalue weighted by Crippen LogP contribution is -2.21. The van der Waals surface area contributed by atoms with Crippen molar-refractivity contribution in [2.24, 2.45) is 16.5 Å². The Hall–Kier alpha value is -3.08. The molecule has 0 aliphatic heterocycles. The number of carbonyl (C=O) groups is 1. The van der Waals surface area contributed by atoms with E-state index >= 15 is 0 Å². The molecule has 160 valence electrons. The van der Waals surface area contributed by atoms with Gasteiger partial charge in [-0.15, -0.1) is 0 Å². The second kappa shape index (κ2) is 9.16. The number of carbonyl (C=O) groups excluding carboxylic acids is 1. The van der Waals surface area contributed by atoms with Gasteiger partial charge < -0.3 is 21.4 Å². The number of guanidine groups is 1. The van der Waals surface area contributed by atoms with Gasteiger partial charge in [-0.2, -0.15) is 8.42 Å². The summed E-state index contributed by atoms with van der Waals surface area (Å²) in [6.45, 7) is 1.84. The maximum atomic E-state index is 11.9. The fourth-order valence-electron chi connectivity index (χ4n) is 2.46. The van der Waals surface area contributed by atoms with E-state index < -0.39 is 10.1 Å². The molecule has 0 radical (unpaired) electrons. The fraction of sp³-hybridized carbons (Fsp3) is 0.158. The van der Waals surface area contributed by atoms with Crippen LogP contribution in [-0.2, 0) is 10.1 Å². The first-order chi connectivity index (χ1) is 13.9. The minimum Gasteiger partial charge on any atom is -0.370 e. The number of nitrogens with two attached hydrogens (primary N) is 2. The van der Waals surface area contributed by atoms with Gasteiger partial charge in [0, 0.05) is 19.5 Å². The fourth-order valence-corrected chi connectivity index (χ4v) is 3.21. The van der Waals surface area contributed by atoms with Crippen LogP contribution in [0.4, 0.5) is 5.69 Å². The van der Waals surface area contributed by atoms with Crippen molar-refractivity contribution < 1.29 is 17.8 Å². The number of aromatic nitrogens is 1. The van der Waals surface area contributed by atoms with Crippen molar-refractivity contribution in [3.05, 3.63) is 58.7 Å². The summed E-state index contributed by atoms with van der Waals surface area (Å²) in [5.41, 5.74) is 13.3. The van der Waals surface area contributed by atoms with Crippen LogP contribution in [0.15, 0.2) is 52.4 Å². The number of rotatable bonds is 3. The third kappa shape index (κ3) is 5.96. The van der Waals surface area contributed by atoms with E-state index in [4.69, 9.17) is 27.6 Å². The third-order valence-corrected chi connectivity index (χ3v) is 5.04. The summed E-state index contributed by atoms with van der Waals surface area (Å²) in [6, 6.07) is 11.1. The average molecular weight is 452 g/mol.